The Bertz CT molecular complexity index is 749. The largest absolute Gasteiger partial charge is 0.322 e. The lowest BCUT2D eigenvalue weighted by Gasteiger charge is -2.03. The number of nitrogens with one attached hydrogen (secondary N) is 2. The van der Waals surface area contributed by atoms with Gasteiger partial charge in [0.25, 0.3) is 0 Å². The second kappa shape index (κ2) is 6.10. The van der Waals surface area contributed by atoms with Crippen molar-refractivity contribution in [2.75, 3.05) is 5.32 Å². The van der Waals surface area contributed by atoms with Crippen LogP contribution in [0, 0.1) is 0 Å². The average Bonchev–Trinajstić information content (AvgIpc) is 3.06. The number of thiophene rings is 1. The molecule has 0 radical (unpaired) electrons. The Morgan fingerprint density at radius 3 is 3.09 bits per heavy atom. The molecule has 112 valence electrons. The first-order valence-corrected chi connectivity index (χ1v) is 9.03. The molecule has 0 atom stereocenters. The first kappa shape index (κ1) is 13.8. The number of H-pyrrole nitrogens is 1. The Kier molecular flexibility index (Phi) is 3.82. The Morgan fingerprint density at radius 2 is 2.27 bits per heavy atom. The van der Waals surface area contributed by atoms with Crippen LogP contribution in [-0.4, -0.2) is 20.4 Å². The number of hydrogen-bond donors (Lipinski definition) is 2. The van der Waals surface area contributed by atoms with Crippen LogP contribution in [-0.2, 0) is 5.75 Å². The highest BCUT2D eigenvalue weighted by molar-refractivity contribution is 7.98. The summed E-state index contributed by atoms with van der Waals surface area (Å²) < 4.78 is 0. The highest BCUT2D eigenvalue weighted by Crippen LogP contribution is 2.39. The van der Waals surface area contributed by atoms with Gasteiger partial charge in [-0.25, -0.2) is 0 Å². The van der Waals surface area contributed by atoms with Crippen LogP contribution in [0.3, 0.4) is 0 Å². The Balaban J connectivity index is 1.41. The Morgan fingerprint density at radius 1 is 1.32 bits per heavy atom. The molecular weight excluding hydrogens is 314 g/mol. The topological polar surface area (TPSA) is 66.5 Å². The summed E-state index contributed by atoms with van der Waals surface area (Å²) in [5, 5.41) is 20.9. The van der Waals surface area contributed by atoms with E-state index >= 15 is 0 Å². The number of nitrogens with zero attached hydrogens (tertiary/aromatic N) is 3. The molecule has 22 heavy (non-hydrogen) atoms. The van der Waals surface area contributed by atoms with Gasteiger partial charge in [0, 0.05) is 33.2 Å². The predicted molar refractivity (Wildman–Crippen MR) is 89.8 cm³/mol. The Hall–Kier alpha value is -1.86. The molecule has 5 nitrogen and oxygen atoms in total. The molecule has 3 heterocycles. The van der Waals surface area contributed by atoms with Gasteiger partial charge in [-0.05, 0) is 30.4 Å². The van der Waals surface area contributed by atoms with Crippen molar-refractivity contribution >= 4 is 34.7 Å². The molecule has 0 bridgehead atoms. The standard InChI is InChI=1S/C15H15N5S2/c1-2-11(21-5-1)9-22-12-6-14(19-16-8-12)17-15-7-13(18-20-15)10-3-4-10/h1-2,5-8,10H,3-4,9H2,(H2,17,18,19,20). The monoisotopic (exact) mass is 329 g/mol. The summed E-state index contributed by atoms with van der Waals surface area (Å²) in [7, 11) is 0. The van der Waals surface area contributed by atoms with E-state index in [0.717, 1.165) is 22.3 Å². The normalized spacial score (nSPS) is 14.2. The summed E-state index contributed by atoms with van der Waals surface area (Å²) in [6.07, 6.45) is 4.32. The third kappa shape index (κ3) is 3.31. The van der Waals surface area contributed by atoms with Crippen molar-refractivity contribution in [2.24, 2.45) is 0 Å². The van der Waals surface area contributed by atoms with Crippen LogP contribution in [0.5, 0.6) is 0 Å². The molecule has 0 saturated heterocycles. The number of thioether (sulfide) groups is 1. The van der Waals surface area contributed by atoms with Crippen molar-refractivity contribution in [2.45, 2.75) is 29.4 Å². The molecule has 1 aliphatic carbocycles. The summed E-state index contributed by atoms with van der Waals surface area (Å²) in [4.78, 5) is 2.46. The zero-order valence-electron chi connectivity index (χ0n) is 11.8. The van der Waals surface area contributed by atoms with Crippen molar-refractivity contribution in [3.05, 3.63) is 46.4 Å². The van der Waals surface area contributed by atoms with Gasteiger partial charge in [0.1, 0.15) is 0 Å². The molecule has 1 aliphatic rings. The van der Waals surface area contributed by atoms with Gasteiger partial charge in [0.15, 0.2) is 11.6 Å². The minimum atomic E-state index is 0.668. The zero-order valence-corrected chi connectivity index (χ0v) is 13.5. The number of hydrogen-bond acceptors (Lipinski definition) is 6. The molecule has 1 saturated carbocycles. The highest BCUT2D eigenvalue weighted by Gasteiger charge is 2.25. The van der Waals surface area contributed by atoms with Crippen LogP contribution in [0.25, 0.3) is 0 Å². The fourth-order valence-electron chi connectivity index (χ4n) is 2.17. The van der Waals surface area contributed by atoms with E-state index in [0.29, 0.717) is 5.92 Å². The zero-order chi connectivity index (χ0) is 14.8. The second-order valence-electron chi connectivity index (χ2n) is 5.25. The minimum Gasteiger partial charge on any atom is -0.322 e. The van der Waals surface area contributed by atoms with E-state index in [1.165, 1.54) is 23.4 Å². The van der Waals surface area contributed by atoms with Gasteiger partial charge in [0.05, 0.1) is 6.20 Å². The number of aromatic amines is 1. The molecule has 2 N–H and O–H groups in total. The summed E-state index contributed by atoms with van der Waals surface area (Å²) in [5.41, 5.74) is 1.21. The molecule has 1 fully saturated rings. The lowest BCUT2D eigenvalue weighted by atomic mass is 10.3. The van der Waals surface area contributed by atoms with Gasteiger partial charge in [-0.2, -0.15) is 10.2 Å². The van der Waals surface area contributed by atoms with Gasteiger partial charge in [-0.1, -0.05) is 6.07 Å². The Labute approximate surface area is 136 Å². The van der Waals surface area contributed by atoms with E-state index < -0.39 is 0 Å². The van der Waals surface area contributed by atoms with Crippen molar-refractivity contribution in [3.63, 3.8) is 0 Å². The molecule has 4 rings (SSSR count). The summed E-state index contributed by atoms with van der Waals surface area (Å²) >= 11 is 3.54. The predicted octanol–water partition coefficient (Wildman–Crippen LogP) is 4.17. The van der Waals surface area contributed by atoms with Crippen LogP contribution in [0.4, 0.5) is 11.6 Å². The van der Waals surface area contributed by atoms with Gasteiger partial charge < -0.3 is 5.32 Å². The molecule has 3 aromatic heterocycles. The van der Waals surface area contributed by atoms with E-state index in [-0.39, 0.29) is 0 Å². The molecule has 7 heteroatoms. The smallest absolute Gasteiger partial charge is 0.155 e. The third-order valence-electron chi connectivity index (χ3n) is 3.46. The lowest BCUT2D eigenvalue weighted by Crippen LogP contribution is -1.95. The fourth-order valence-corrected chi connectivity index (χ4v) is 3.83. The van der Waals surface area contributed by atoms with E-state index in [9.17, 15) is 0 Å². The van der Waals surface area contributed by atoms with Crippen molar-refractivity contribution in [1.29, 1.82) is 0 Å². The average molecular weight is 329 g/mol. The van der Waals surface area contributed by atoms with Crippen LogP contribution in [0.15, 0.2) is 40.7 Å². The van der Waals surface area contributed by atoms with Gasteiger partial charge in [-0.15, -0.1) is 28.2 Å². The van der Waals surface area contributed by atoms with Crippen molar-refractivity contribution in [1.82, 2.24) is 20.4 Å². The van der Waals surface area contributed by atoms with E-state index in [2.05, 4.69) is 49.3 Å². The van der Waals surface area contributed by atoms with Crippen LogP contribution in [0.1, 0.15) is 29.3 Å². The van der Waals surface area contributed by atoms with Crippen molar-refractivity contribution in [3.8, 4) is 0 Å². The van der Waals surface area contributed by atoms with Gasteiger partial charge >= 0.3 is 0 Å². The summed E-state index contributed by atoms with van der Waals surface area (Å²) in [6, 6.07) is 8.30. The molecular formula is C15H15N5S2. The van der Waals surface area contributed by atoms with E-state index in [1.54, 1.807) is 29.3 Å². The molecule has 3 aromatic rings. The first-order chi connectivity index (χ1) is 10.9. The number of rotatable bonds is 6. The third-order valence-corrected chi connectivity index (χ3v) is 5.53. The van der Waals surface area contributed by atoms with Crippen LogP contribution in [0.2, 0.25) is 0 Å². The summed E-state index contributed by atoms with van der Waals surface area (Å²) in [5.74, 6) is 3.15. The molecule has 0 spiro atoms. The SMILES string of the molecule is c1csc(CSc2cnnc(Nc3cc(C4CC4)[nH]n3)c2)c1. The lowest BCUT2D eigenvalue weighted by molar-refractivity contribution is 0.962. The summed E-state index contributed by atoms with van der Waals surface area (Å²) in [6.45, 7) is 0. The fraction of sp³-hybridized carbons (Fsp3) is 0.267. The molecule has 0 aliphatic heterocycles. The first-order valence-electron chi connectivity index (χ1n) is 7.17. The van der Waals surface area contributed by atoms with Crippen molar-refractivity contribution < 1.29 is 0 Å². The highest BCUT2D eigenvalue weighted by atomic mass is 32.2. The second-order valence-corrected chi connectivity index (χ2v) is 7.33. The quantitative estimate of drug-likeness (QED) is 0.664. The minimum absolute atomic E-state index is 0.668. The number of aromatic nitrogens is 4. The molecule has 0 unspecified atom stereocenters. The maximum atomic E-state index is 4.28. The molecule has 0 amide bonds. The van der Waals surface area contributed by atoms with E-state index in [1.807, 2.05) is 6.07 Å². The van der Waals surface area contributed by atoms with Crippen LogP contribution >= 0.6 is 23.1 Å². The maximum Gasteiger partial charge on any atom is 0.155 e. The molecule has 0 aromatic carbocycles. The van der Waals surface area contributed by atoms with E-state index in [4.69, 9.17) is 0 Å². The van der Waals surface area contributed by atoms with Gasteiger partial charge in [-0.3, -0.25) is 5.10 Å². The van der Waals surface area contributed by atoms with Crippen LogP contribution < -0.4 is 5.32 Å². The van der Waals surface area contributed by atoms with Gasteiger partial charge in [0.2, 0.25) is 0 Å². The number of anilines is 2. The maximum absolute atomic E-state index is 4.28.